The van der Waals surface area contributed by atoms with Crippen LogP contribution in [0.15, 0.2) is 12.3 Å². The summed E-state index contributed by atoms with van der Waals surface area (Å²) in [6.45, 7) is 2.22. The van der Waals surface area contributed by atoms with E-state index in [9.17, 15) is 4.79 Å². The number of nitrogens with one attached hydrogen (secondary N) is 1. The Morgan fingerprint density at radius 2 is 2.50 bits per heavy atom. The van der Waals surface area contributed by atoms with Crippen molar-refractivity contribution in [2.45, 2.75) is 19.3 Å². The van der Waals surface area contributed by atoms with Crippen LogP contribution in [0.2, 0.25) is 5.02 Å². The van der Waals surface area contributed by atoms with Gasteiger partial charge in [0, 0.05) is 12.1 Å². The van der Waals surface area contributed by atoms with Crippen LogP contribution in [0.5, 0.6) is 0 Å². The molecule has 0 aromatic carbocycles. The standard InChI is InChI=1S/C12H12ClN3O2/c1-2-18-12(17)8-4-7(8)10-15-9-3-6(13)5-14-11(9)16-10/h3,5,7-8H,2,4H2,1H3,(H,14,15,16). The second kappa shape index (κ2) is 4.24. The number of aromatic amines is 1. The molecule has 2 aromatic rings. The van der Waals surface area contributed by atoms with Crippen LogP contribution in [0.4, 0.5) is 0 Å². The van der Waals surface area contributed by atoms with Crippen LogP contribution < -0.4 is 0 Å². The summed E-state index contributed by atoms with van der Waals surface area (Å²) in [5.41, 5.74) is 1.43. The normalized spacial score (nSPS) is 22.1. The maximum absolute atomic E-state index is 11.6. The molecule has 0 spiro atoms. The molecule has 1 saturated carbocycles. The molecule has 1 aliphatic carbocycles. The van der Waals surface area contributed by atoms with Crippen LogP contribution in [-0.2, 0) is 9.53 Å². The van der Waals surface area contributed by atoms with Gasteiger partial charge in [-0.25, -0.2) is 9.97 Å². The number of carbonyl (C=O) groups is 1. The molecule has 18 heavy (non-hydrogen) atoms. The highest BCUT2D eigenvalue weighted by molar-refractivity contribution is 6.31. The Morgan fingerprint density at radius 3 is 3.28 bits per heavy atom. The molecule has 1 aliphatic rings. The van der Waals surface area contributed by atoms with Crippen molar-refractivity contribution in [1.82, 2.24) is 15.0 Å². The molecular formula is C12H12ClN3O2. The maximum atomic E-state index is 11.6. The third-order valence-electron chi connectivity index (χ3n) is 3.05. The van der Waals surface area contributed by atoms with E-state index < -0.39 is 0 Å². The molecule has 0 amide bonds. The second-order valence-corrected chi connectivity index (χ2v) is 4.78. The van der Waals surface area contributed by atoms with Crippen LogP contribution in [-0.4, -0.2) is 27.5 Å². The number of hydrogen-bond donors (Lipinski definition) is 1. The van der Waals surface area contributed by atoms with Gasteiger partial charge in [-0.1, -0.05) is 11.6 Å². The summed E-state index contributed by atoms with van der Waals surface area (Å²) in [6, 6.07) is 1.76. The van der Waals surface area contributed by atoms with Gasteiger partial charge in [-0.15, -0.1) is 0 Å². The van der Waals surface area contributed by atoms with Crippen molar-refractivity contribution in [2.75, 3.05) is 6.61 Å². The van der Waals surface area contributed by atoms with Gasteiger partial charge in [-0.05, 0) is 19.4 Å². The van der Waals surface area contributed by atoms with Crippen molar-refractivity contribution in [2.24, 2.45) is 5.92 Å². The zero-order chi connectivity index (χ0) is 12.7. The fourth-order valence-electron chi connectivity index (χ4n) is 2.07. The van der Waals surface area contributed by atoms with E-state index in [1.807, 2.05) is 6.92 Å². The van der Waals surface area contributed by atoms with E-state index in [0.717, 1.165) is 17.8 Å². The lowest BCUT2D eigenvalue weighted by atomic mass is 10.3. The Labute approximate surface area is 109 Å². The van der Waals surface area contributed by atoms with Gasteiger partial charge >= 0.3 is 5.97 Å². The van der Waals surface area contributed by atoms with E-state index in [0.29, 0.717) is 17.3 Å². The predicted molar refractivity (Wildman–Crippen MR) is 66.4 cm³/mol. The molecule has 0 bridgehead atoms. The lowest BCUT2D eigenvalue weighted by molar-refractivity contribution is -0.144. The van der Waals surface area contributed by atoms with Gasteiger partial charge in [0.1, 0.15) is 11.3 Å². The minimum absolute atomic E-state index is 0.0685. The van der Waals surface area contributed by atoms with Gasteiger partial charge in [0.05, 0.1) is 17.5 Å². The van der Waals surface area contributed by atoms with E-state index in [2.05, 4.69) is 15.0 Å². The number of aromatic nitrogens is 3. The molecule has 2 heterocycles. The molecule has 5 nitrogen and oxygen atoms in total. The van der Waals surface area contributed by atoms with E-state index >= 15 is 0 Å². The first-order chi connectivity index (χ1) is 8.69. The summed E-state index contributed by atoms with van der Waals surface area (Å²) in [7, 11) is 0. The Morgan fingerprint density at radius 1 is 1.67 bits per heavy atom. The molecule has 1 N–H and O–H groups in total. The fraction of sp³-hybridized carbons (Fsp3) is 0.417. The summed E-state index contributed by atoms with van der Waals surface area (Å²) in [4.78, 5) is 23.3. The van der Waals surface area contributed by atoms with Crippen molar-refractivity contribution < 1.29 is 9.53 Å². The zero-order valence-corrected chi connectivity index (χ0v) is 10.6. The van der Waals surface area contributed by atoms with Crippen molar-refractivity contribution >= 4 is 28.7 Å². The highest BCUT2D eigenvalue weighted by Gasteiger charge is 2.47. The van der Waals surface area contributed by atoms with Gasteiger partial charge in [-0.2, -0.15) is 0 Å². The number of fused-ring (bicyclic) bond motifs is 1. The highest BCUT2D eigenvalue weighted by atomic mass is 35.5. The number of nitrogens with zero attached hydrogens (tertiary/aromatic N) is 2. The van der Waals surface area contributed by atoms with Crippen LogP contribution in [0, 0.1) is 5.92 Å². The molecule has 0 aliphatic heterocycles. The SMILES string of the molecule is CCOC(=O)C1CC1c1nc2cc(Cl)cnc2[nH]1. The van der Waals surface area contributed by atoms with Crippen LogP contribution in [0.25, 0.3) is 11.2 Å². The number of ether oxygens (including phenoxy) is 1. The third-order valence-corrected chi connectivity index (χ3v) is 3.26. The highest BCUT2D eigenvalue weighted by Crippen LogP contribution is 2.47. The third kappa shape index (κ3) is 1.95. The minimum Gasteiger partial charge on any atom is -0.466 e. The zero-order valence-electron chi connectivity index (χ0n) is 9.81. The molecule has 0 radical (unpaired) electrons. The first kappa shape index (κ1) is 11.5. The van der Waals surface area contributed by atoms with E-state index in [1.165, 1.54) is 0 Å². The van der Waals surface area contributed by atoms with E-state index in [-0.39, 0.29) is 17.8 Å². The Hall–Kier alpha value is -1.62. The topological polar surface area (TPSA) is 67.9 Å². The Bertz CT molecular complexity index is 610. The molecule has 0 saturated heterocycles. The number of pyridine rings is 1. The van der Waals surface area contributed by atoms with Crippen LogP contribution in [0.3, 0.4) is 0 Å². The van der Waals surface area contributed by atoms with Crippen molar-refractivity contribution in [3.05, 3.63) is 23.1 Å². The number of hydrogen-bond acceptors (Lipinski definition) is 4. The largest absolute Gasteiger partial charge is 0.466 e. The Balaban J connectivity index is 1.82. The van der Waals surface area contributed by atoms with Crippen molar-refractivity contribution in [1.29, 1.82) is 0 Å². The number of rotatable bonds is 3. The smallest absolute Gasteiger partial charge is 0.309 e. The number of carbonyl (C=O) groups excluding carboxylic acids is 1. The number of imidazole rings is 1. The van der Waals surface area contributed by atoms with Gasteiger partial charge in [-0.3, -0.25) is 4.79 Å². The van der Waals surface area contributed by atoms with Crippen molar-refractivity contribution in [3.63, 3.8) is 0 Å². The first-order valence-electron chi connectivity index (χ1n) is 5.87. The molecule has 3 rings (SSSR count). The molecule has 2 aromatic heterocycles. The summed E-state index contributed by atoms with van der Waals surface area (Å²) in [6.07, 6.45) is 2.36. The maximum Gasteiger partial charge on any atom is 0.309 e. The van der Waals surface area contributed by atoms with E-state index in [4.69, 9.17) is 16.3 Å². The fourth-order valence-corrected chi connectivity index (χ4v) is 2.22. The monoisotopic (exact) mass is 265 g/mol. The Kier molecular flexibility index (Phi) is 2.70. The molecular weight excluding hydrogens is 254 g/mol. The minimum atomic E-state index is -0.144. The van der Waals surface area contributed by atoms with Crippen LogP contribution >= 0.6 is 11.6 Å². The lowest BCUT2D eigenvalue weighted by Crippen LogP contribution is -2.07. The average molecular weight is 266 g/mol. The molecule has 6 heteroatoms. The first-order valence-corrected chi connectivity index (χ1v) is 6.24. The average Bonchev–Trinajstić information content (AvgIpc) is 3.03. The van der Waals surface area contributed by atoms with Crippen molar-refractivity contribution in [3.8, 4) is 0 Å². The molecule has 1 fully saturated rings. The van der Waals surface area contributed by atoms with E-state index in [1.54, 1.807) is 12.3 Å². The second-order valence-electron chi connectivity index (χ2n) is 4.34. The number of esters is 1. The van der Waals surface area contributed by atoms with Gasteiger partial charge < -0.3 is 9.72 Å². The number of H-pyrrole nitrogens is 1. The lowest BCUT2D eigenvalue weighted by Gasteiger charge is -1.98. The molecule has 2 unspecified atom stereocenters. The van der Waals surface area contributed by atoms with Crippen LogP contribution in [0.1, 0.15) is 25.1 Å². The van der Waals surface area contributed by atoms with Gasteiger partial charge in [0.25, 0.3) is 0 Å². The molecule has 94 valence electrons. The van der Waals surface area contributed by atoms with Gasteiger partial charge in [0.15, 0.2) is 5.65 Å². The summed E-state index contributed by atoms with van der Waals surface area (Å²) >= 11 is 5.85. The summed E-state index contributed by atoms with van der Waals surface area (Å²) < 4.78 is 4.99. The summed E-state index contributed by atoms with van der Waals surface area (Å²) in [5, 5.41) is 0.554. The van der Waals surface area contributed by atoms with Gasteiger partial charge in [0.2, 0.25) is 0 Å². The number of halogens is 1. The molecule has 2 atom stereocenters. The quantitative estimate of drug-likeness (QED) is 0.865. The summed E-state index contributed by atoms with van der Waals surface area (Å²) in [5.74, 6) is 0.699. The predicted octanol–water partition coefficient (Wildman–Crippen LogP) is 2.28.